The summed E-state index contributed by atoms with van der Waals surface area (Å²) in [5.74, 6) is 0.247. The molecule has 0 unspecified atom stereocenters. The molecule has 0 radical (unpaired) electrons. The van der Waals surface area contributed by atoms with Crippen LogP contribution in [0.3, 0.4) is 0 Å². The number of benzene rings is 3. The van der Waals surface area contributed by atoms with Gasteiger partial charge in [-0.2, -0.15) is 26.3 Å². The largest absolute Gasteiger partial charge is 0.416 e. The minimum absolute atomic E-state index is 0.0599. The van der Waals surface area contributed by atoms with Crippen LogP contribution in [-0.4, -0.2) is 14.5 Å². The Hall–Kier alpha value is -4.34. The fraction of sp³-hybridized carbons (Fsp3) is 0.143. The lowest BCUT2D eigenvalue weighted by Crippen LogP contribution is -2.18. The molecule has 0 aromatic heterocycles. The van der Waals surface area contributed by atoms with E-state index in [1.807, 2.05) is 60.7 Å². The molecule has 0 bridgehead atoms. The first-order chi connectivity index (χ1) is 18.0. The molecule has 0 spiro atoms. The summed E-state index contributed by atoms with van der Waals surface area (Å²) >= 11 is 0. The van der Waals surface area contributed by atoms with Crippen LogP contribution >= 0.6 is 0 Å². The molecule has 38 heavy (non-hydrogen) atoms. The predicted octanol–water partition coefficient (Wildman–Crippen LogP) is 6.88. The van der Waals surface area contributed by atoms with Crippen LogP contribution in [0, 0.1) is 0 Å². The lowest BCUT2D eigenvalue weighted by Gasteiger charge is -2.13. The third-order valence-corrected chi connectivity index (χ3v) is 6.08. The molecular formula is C28H19F6N3O. The number of halogens is 6. The van der Waals surface area contributed by atoms with Crippen molar-refractivity contribution >= 4 is 0 Å². The Balaban J connectivity index is 1.64. The van der Waals surface area contributed by atoms with Gasteiger partial charge in [0.05, 0.1) is 22.5 Å². The van der Waals surface area contributed by atoms with Gasteiger partial charge in [0, 0.05) is 19.0 Å². The van der Waals surface area contributed by atoms with E-state index >= 15 is 0 Å². The van der Waals surface area contributed by atoms with E-state index in [0.29, 0.717) is 29.9 Å². The summed E-state index contributed by atoms with van der Waals surface area (Å²) in [5.41, 5.74) is -1.11. The molecule has 1 N–H and O–H groups in total. The number of aromatic nitrogens is 3. The third kappa shape index (κ3) is 5.20. The van der Waals surface area contributed by atoms with Crippen LogP contribution in [0.4, 0.5) is 26.3 Å². The number of rotatable bonds is 5. The number of H-pyrrole nitrogens is 1. The Morgan fingerprint density at radius 2 is 1.32 bits per heavy atom. The Labute approximate surface area is 212 Å². The molecule has 0 aliphatic carbocycles. The number of nitrogens with one attached hydrogen (secondary N) is 1. The van der Waals surface area contributed by atoms with Crippen molar-refractivity contribution in [3.63, 3.8) is 0 Å². The lowest BCUT2D eigenvalue weighted by molar-refractivity contribution is -0.143. The summed E-state index contributed by atoms with van der Waals surface area (Å²) < 4.78 is 81.3. The van der Waals surface area contributed by atoms with Crippen molar-refractivity contribution in [1.82, 2.24) is 14.5 Å². The van der Waals surface area contributed by atoms with Crippen LogP contribution in [0.5, 0.6) is 0 Å². The monoisotopic (exact) mass is 527 g/mol. The summed E-state index contributed by atoms with van der Waals surface area (Å²) in [7, 11) is 0. The van der Waals surface area contributed by atoms with E-state index in [1.54, 1.807) is 0 Å². The van der Waals surface area contributed by atoms with Gasteiger partial charge in [-0.05, 0) is 34.9 Å². The molecule has 2 heterocycles. The molecule has 2 aliphatic heterocycles. The predicted molar refractivity (Wildman–Crippen MR) is 129 cm³/mol. The van der Waals surface area contributed by atoms with E-state index in [0.717, 1.165) is 11.1 Å². The first-order valence-corrected chi connectivity index (χ1v) is 11.5. The smallest absolute Gasteiger partial charge is 0.354 e. The van der Waals surface area contributed by atoms with Gasteiger partial charge in [-0.1, -0.05) is 60.7 Å². The standard InChI is InChI=1S/C28H19F6N3O/c29-27(30,31)20-11-18(12-21(15-20)28(32,33)34)14-23-26(38)37-16-24(19-9-5-2-6-10-19)35-22(25(37)36-23)13-17-7-3-1-4-8-17/h1-12,15-16,35H,13-14H2. The second-order valence-corrected chi connectivity index (χ2v) is 8.82. The highest BCUT2D eigenvalue weighted by Gasteiger charge is 2.37. The van der Waals surface area contributed by atoms with Crippen molar-refractivity contribution in [3.05, 3.63) is 129 Å². The van der Waals surface area contributed by atoms with E-state index in [9.17, 15) is 31.1 Å². The zero-order chi connectivity index (χ0) is 27.1. The molecule has 0 fully saturated rings. The summed E-state index contributed by atoms with van der Waals surface area (Å²) in [6, 6.07) is 19.8. The van der Waals surface area contributed by atoms with E-state index in [4.69, 9.17) is 0 Å². The first kappa shape index (κ1) is 25.3. The molecule has 2 aliphatic rings. The van der Waals surface area contributed by atoms with Crippen LogP contribution in [0.15, 0.2) is 89.9 Å². The van der Waals surface area contributed by atoms with Crippen molar-refractivity contribution < 1.29 is 26.3 Å². The van der Waals surface area contributed by atoms with Gasteiger partial charge in [0.1, 0.15) is 5.69 Å². The number of hydrogen-bond acceptors (Lipinski definition) is 2. The van der Waals surface area contributed by atoms with Crippen molar-refractivity contribution in [2.45, 2.75) is 25.2 Å². The van der Waals surface area contributed by atoms with Gasteiger partial charge < -0.3 is 4.98 Å². The van der Waals surface area contributed by atoms with Gasteiger partial charge in [-0.3, -0.25) is 9.36 Å². The van der Waals surface area contributed by atoms with Crippen molar-refractivity contribution in [1.29, 1.82) is 0 Å². The molecule has 10 heteroatoms. The summed E-state index contributed by atoms with van der Waals surface area (Å²) in [5, 5.41) is 0. The van der Waals surface area contributed by atoms with Gasteiger partial charge in [0.25, 0.3) is 5.56 Å². The quantitative estimate of drug-likeness (QED) is 0.253. The van der Waals surface area contributed by atoms with Crippen LogP contribution in [-0.2, 0) is 25.2 Å². The second-order valence-electron chi connectivity index (χ2n) is 8.82. The Kier molecular flexibility index (Phi) is 6.34. The summed E-state index contributed by atoms with van der Waals surface area (Å²) in [6.45, 7) is 0. The third-order valence-electron chi connectivity index (χ3n) is 6.08. The van der Waals surface area contributed by atoms with Crippen molar-refractivity contribution in [2.24, 2.45) is 0 Å². The highest BCUT2D eigenvalue weighted by atomic mass is 19.4. The van der Waals surface area contributed by atoms with Crippen molar-refractivity contribution in [2.75, 3.05) is 0 Å². The zero-order valence-corrected chi connectivity index (χ0v) is 19.6. The maximum absolute atomic E-state index is 13.3. The number of nitrogens with zero attached hydrogens (tertiary/aromatic N) is 2. The molecule has 0 atom stereocenters. The molecule has 0 saturated heterocycles. The van der Waals surface area contributed by atoms with Gasteiger partial charge in [-0.25, -0.2) is 4.98 Å². The van der Waals surface area contributed by atoms with E-state index in [-0.39, 0.29) is 23.1 Å². The Morgan fingerprint density at radius 1 is 0.737 bits per heavy atom. The first-order valence-electron chi connectivity index (χ1n) is 11.5. The maximum atomic E-state index is 13.3. The second kappa shape index (κ2) is 9.51. The fourth-order valence-electron chi connectivity index (χ4n) is 4.29. The molecule has 5 rings (SSSR count). The van der Waals surface area contributed by atoms with Crippen LogP contribution in [0.2, 0.25) is 0 Å². The molecular weight excluding hydrogens is 508 g/mol. The summed E-state index contributed by atoms with van der Waals surface area (Å²) in [4.78, 5) is 21.0. The van der Waals surface area contributed by atoms with Crippen molar-refractivity contribution in [3.8, 4) is 17.1 Å². The average Bonchev–Trinajstić information content (AvgIpc) is 3.19. The topological polar surface area (TPSA) is 50.7 Å². The number of aromatic amines is 1. The molecule has 0 amide bonds. The Bertz CT molecular complexity index is 1570. The minimum atomic E-state index is -4.99. The molecule has 3 aromatic rings. The number of fused-ring (bicyclic) bond motifs is 1. The van der Waals surface area contributed by atoms with Gasteiger partial charge in [-0.15, -0.1) is 0 Å². The van der Waals surface area contributed by atoms with E-state index in [2.05, 4.69) is 9.97 Å². The maximum Gasteiger partial charge on any atom is 0.416 e. The van der Waals surface area contributed by atoms with Crippen LogP contribution < -0.4 is 5.56 Å². The molecule has 3 aromatic carbocycles. The number of alkyl halides is 6. The Morgan fingerprint density at radius 3 is 1.89 bits per heavy atom. The molecule has 0 saturated carbocycles. The number of imidazole rings is 1. The highest BCUT2D eigenvalue weighted by Crippen LogP contribution is 2.36. The fourth-order valence-corrected chi connectivity index (χ4v) is 4.29. The van der Waals surface area contributed by atoms with E-state index < -0.39 is 35.5 Å². The van der Waals surface area contributed by atoms with Gasteiger partial charge in [0.15, 0.2) is 5.82 Å². The normalized spacial score (nSPS) is 12.3. The average molecular weight is 527 g/mol. The SMILES string of the molecule is O=c1c(Cc2cc(C(F)(F)F)cc(C(F)(F)F)c2)nc2c(Cc3ccccc3)[nH]c(-c3ccccc3)cn1-2. The van der Waals surface area contributed by atoms with Gasteiger partial charge >= 0.3 is 12.4 Å². The lowest BCUT2D eigenvalue weighted by atomic mass is 10.0. The highest BCUT2D eigenvalue weighted by molar-refractivity contribution is 5.60. The van der Waals surface area contributed by atoms with Crippen LogP contribution in [0.1, 0.15) is 33.6 Å². The van der Waals surface area contributed by atoms with Crippen LogP contribution in [0.25, 0.3) is 17.1 Å². The summed E-state index contributed by atoms with van der Waals surface area (Å²) in [6.07, 6.45) is -8.58. The molecule has 4 nitrogen and oxygen atoms in total. The van der Waals surface area contributed by atoms with E-state index in [1.165, 1.54) is 10.8 Å². The molecule has 194 valence electrons. The minimum Gasteiger partial charge on any atom is -0.354 e. The van der Waals surface area contributed by atoms with Gasteiger partial charge in [0.2, 0.25) is 0 Å². The number of hydrogen-bond donors (Lipinski definition) is 1. The zero-order valence-electron chi connectivity index (χ0n) is 19.6.